The number of fused-ring (bicyclic) bond motifs is 1. The van der Waals surface area contributed by atoms with E-state index in [1.807, 2.05) is 18.2 Å². The molecule has 0 radical (unpaired) electrons. The zero-order valence-electron chi connectivity index (χ0n) is 9.90. The fourth-order valence-electron chi connectivity index (χ4n) is 2.00. The van der Waals surface area contributed by atoms with Gasteiger partial charge in [-0.05, 0) is 30.7 Å². The maximum Gasteiger partial charge on any atom is 0.255 e. The van der Waals surface area contributed by atoms with Gasteiger partial charge < -0.3 is 9.40 Å². The molecule has 0 amide bonds. The van der Waals surface area contributed by atoms with Gasteiger partial charge in [-0.25, -0.2) is 4.98 Å². The predicted octanol–water partition coefficient (Wildman–Crippen LogP) is 2.46. The van der Waals surface area contributed by atoms with Crippen molar-refractivity contribution in [2.75, 3.05) is 5.75 Å². The molecule has 0 bridgehead atoms. The summed E-state index contributed by atoms with van der Waals surface area (Å²) < 4.78 is 5.31. The van der Waals surface area contributed by atoms with Crippen LogP contribution in [0.3, 0.4) is 0 Å². The van der Waals surface area contributed by atoms with E-state index in [1.54, 1.807) is 24.9 Å². The highest BCUT2D eigenvalue weighted by atomic mass is 32.2. The Balaban J connectivity index is 2.15. The Morgan fingerprint density at radius 3 is 3.17 bits per heavy atom. The molecule has 5 heteroatoms. The first-order chi connectivity index (χ1) is 8.74. The van der Waals surface area contributed by atoms with Gasteiger partial charge in [0.05, 0.1) is 17.5 Å². The number of nitrogens with one attached hydrogen (secondary N) is 1. The van der Waals surface area contributed by atoms with E-state index in [0.717, 1.165) is 28.3 Å². The minimum atomic E-state index is -0.0324. The van der Waals surface area contributed by atoms with E-state index in [2.05, 4.69) is 9.97 Å². The highest BCUT2D eigenvalue weighted by molar-refractivity contribution is 7.99. The van der Waals surface area contributed by atoms with Crippen LogP contribution in [-0.2, 0) is 5.75 Å². The molecule has 2 aromatic rings. The van der Waals surface area contributed by atoms with Gasteiger partial charge in [-0.15, -0.1) is 0 Å². The number of H-pyrrole nitrogens is 1. The Kier molecular flexibility index (Phi) is 2.83. The molecule has 0 saturated heterocycles. The fraction of sp³-hybridized carbons (Fsp3) is 0.231. The van der Waals surface area contributed by atoms with Crippen molar-refractivity contribution in [2.24, 2.45) is 0 Å². The number of aromatic nitrogens is 2. The van der Waals surface area contributed by atoms with E-state index in [4.69, 9.17) is 4.42 Å². The molecule has 0 fully saturated rings. The first-order valence-electron chi connectivity index (χ1n) is 5.66. The molecule has 1 aliphatic heterocycles. The van der Waals surface area contributed by atoms with E-state index in [9.17, 15) is 4.79 Å². The van der Waals surface area contributed by atoms with Crippen LogP contribution in [0.25, 0.3) is 11.6 Å². The molecule has 0 aromatic carbocycles. The van der Waals surface area contributed by atoms with E-state index >= 15 is 0 Å². The lowest BCUT2D eigenvalue weighted by Crippen LogP contribution is -2.21. The molecule has 92 valence electrons. The first-order valence-corrected chi connectivity index (χ1v) is 6.81. The number of hydrogen-bond acceptors (Lipinski definition) is 4. The summed E-state index contributed by atoms with van der Waals surface area (Å²) in [6.45, 7) is 1.80. The monoisotopic (exact) mass is 260 g/mol. The second-order valence-electron chi connectivity index (χ2n) is 4.16. The van der Waals surface area contributed by atoms with Crippen molar-refractivity contribution in [3.63, 3.8) is 0 Å². The number of furan rings is 1. The summed E-state index contributed by atoms with van der Waals surface area (Å²) >= 11 is 1.72. The lowest BCUT2D eigenvalue weighted by Gasteiger charge is -2.16. The van der Waals surface area contributed by atoms with Gasteiger partial charge in [-0.2, -0.15) is 11.8 Å². The van der Waals surface area contributed by atoms with Gasteiger partial charge >= 0.3 is 0 Å². The third-order valence-electron chi connectivity index (χ3n) is 2.80. The van der Waals surface area contributed by atoms with Gasteiger partial charge in [0.15, 0.2) is 0 Å². The number of rotatable bonds is 1. The molecule has 1 aliphatic rings. The maximum absolute atomic E-state index is 11.9. The zero-order valence-corrected chi connectivity index (χ0v) is 10.7. The van der Waals surface area contributed by atoms with Crippen molar-refractivity contribution in [3.05, 3.63) is 51.6 Å². The molecule has 1 N–H and O–H groups in total. The van der Waals surface area contributed by atoms with Crippen molar-refractivity contribution in [3.8, 4) is 0 Å². The standard InChI is InChI=1S/C13H12N2O2S/c1-8-14-12-9(5-10-3-2-4-17-10)6-18-7-11(12)13(16)15-8/h2-5H,6-7H2,1H3,(H,14,15,16)/b9-5-. The first kappa shape index (κ1) is 11.3. The summed E-state index contributed by atoms with van der Waals surface area (Å²) in [6.07, 6.45) is 3.59. The van der Waals surface area contributed by atoms with Crippen LogP contribution in [0.1, 0.15) is 22.8 Å². The summed E-state index contributed by atoms with van der Waals surface area (Å²) in [7, 11) is 0. The summed E-state index contributed by atoms with van der Waals surface area (Å²) in [5, 5.41) is 0. The van der Waals surface area contributed by atoms with Crippen LogP contribution in [0.2, 0.25) is 0 Å². The number of nitrogens with zero attached hydrogens (tertiary/aromatic N) is 1. The number of hydrogen-bond donors (Lipinski definition) is 1. The van der Waals surface area contributed by atoms with Crippen molar-refractivity contribution in [2.45, 2.75) is 12.7 Å². The minimum Gasteiger partial charge on any atom is -0.465 e. The summed E-state index contributed by atoms with van der Waals surface area (Å²) in [4.78, 5) is 19.1. The second kappa shape index (κ2) is 4.49. The smallest absolute Gasteiger partial charge is 0.255 e. The van der Waals surface area contributed by atoms with Gasteiger partial charge in [0.1, 0.15) is 11.6 Å². The van der Waals surface area contributed by atoms with Crippen LogP contribution in [-0.4, -0.2) is 15.7 Å². The van der Waals surface area contributed by atoms with Crippen LogP contribution in [0, 0.1) is 6.92 Å². The third kappa shape index (κ3) is 2.01. The number of aryl methyl sites for hydroxylation is 1. The van der Waals surface area contributed by atoms with E-state index < -0.39 is 0 Å². The van der Waals surface area contributed by atoms with E-state index in [-0.39, 0.29) is 5.56 Å². The largest absolute Gasteiger partial charge is 0.465 e. The molecular weight excluding hydrogens is 248 g/mol. The third-order valence-corrected chi connectivity index (χ3v) is 3.81. The van der Waals surface area contributed by atoms with Gasteiger partial charge in [-0.3, -0.25) is 4.79 Å². The quantitative estimate of drug-likeness (QED) is 0.855. The number of thioether (sulfide) groups is 1. The summed E-state index contributed by atoms with van der Waals surface area (Å²) in [5.41, 5.74) is 2.58. The molecule has 4 nitrogen and oxygen atoms in total. The summed E-state index contributed by atoms with van der Waals surface area (Å²) in [6, 6.07) is 3.74. The molecule has 0 aliphatic carbocycles. The average molecular weight is 260 g/mol. The van der Waals surface area contributed by atoms with E-state index in [0.29, 0.717) is 11.6 Å². The zero-order chi connectivity index (χ0) is 12.5. The Bertz CT molecular complexity index is 656. The maximum atomic E-state index is 11.9. The predicted molar refractivity (Wildman–Crippen MR) is 72.3 cm³/mol. The van der Waals surface area contributed by atoms with Gasteiger partial charge in [0.2, 0.25) is 0 Å². The normalized spacial score (nSPS) is 16.8. The van der Waals surface area contributed by atoms with Gasteiger partial charge in [-0.1, -0.05) is 0 Å². The van der Waals surface area contributed by atoms with Crippen LogP contribution in [0.15, 0.2) is 27.6 Å². The molecule has 0 saturated carbocycles. The fourth-order valence-corrected chi connectivity index (χ4v) is 3.01. The Morgan fingerprint density at radius 1 is 1.50 bits per heavy atom. The van der Waals surface area contributed by atoms with E-state index in [1.165, 1.54) is 0 Å². The Labute approximate surface area is 108 Å². The molecule has 0 atom stereocenters. The van der Waals surface area contributed by atoms with Crippen molar-refractivity contribution in [1.82, 2.24) is 9.97 Å². The second-order valence-corrected chi connectivity index (χ2v) is 5.14. The summed E-state index contributed by atoms with van der Waals surface area (Å²) in [5.74, 6) is 3.01. The molecule has 18 heavy (non-hydrogen) atoms. The minimum absolute atomic E-state index is 0.0324. The number of aromatic amines is 1. The van der Waals surface area contributed by atoms with Crippen LogP contribution < -0.4 is 5.56 Å². The topological polar surface area (TPSA) is 58.9 Å². The SMILES string of the molecule is Cc1nc2c(c(=O)[nH]1)CSC/C2=C/c1ccco1. The molecule has 0 unspecified atom stereocenters. The van der Waals surface area contributed by atoms with Crippen LogP contribution in [0.4, 0.5) is 0 Å². The van der Waals surface area contributed by atoms with Gasteiger partial charge in [0.25, 0.3) is 5.56 Å². The van der Waals surface area contributed by atoms with Crippen molar-refractivity contribution in [1.29, 1.82) is 0 Å². The lowest BCUT2D eigenvalue weighted by molar-refractivity contribution is 0.557. The Hall–Kier alpha value is -1.75. The Morgan fingerprint density at radius 2 is 2.39 bits per heavy atom. The molecular formula is C13H12N2O2S. The molecule has 2 aromatic heterocycles. The molecule has 3 rings (SSSR count). The average Bonchev–Trinajstić information content (AvgIpc) is 2.83. The highest BCUT2D eigenvalue weighted by Crippen LogP contribution is 2.30. The van der Waals surface area contributed by atoms with Crippen molar-refractivity contribution >= 4 is 23.4 Å². The van der Waals surface area contributed by atoms with Crippen LogP contribution in [0.5, 0.6) is 0 Å². The van der Waals surface area contributed by atoms with Gasteiger partial charge in [0, 0.05) is 11.5 Å². The highest BCUT2D eigenvalue weighted by Gasteiger charge is 2.19. The molecule has 3 heterocycles. The van der Waals surface area contributed by atoms with Crippen molar-refractivity contribution < 1.29 is 4.42 Å². The lowest BCUT2D eigenvalue weighted by atomic mass is 10.1. The molecule has 0 spiro atoms. The van der Waals surface area contributed by atoms with Crippen LogP contribution >= 0.6 is 11.8 Å².